The summed E-state index contributed by atoms with van der Waals surface area (Å²) in [5, 5.41) is 0. The van der Waals surface area contributed by atoms with Gasteiger partial charge in [-0.1, -0.05) is 70.9 Å². The summed E-state index contributed by atoms with van der Waals surface area (Å²) in [7, 11) is 0. The Morgan fingerprint density at radius 2 is 1.59 bits per heavy atom. The number of hydrogen-bond donors (Lipinski definition) is 0. The van der Waals surface area contributed by atoms with Gasteiger partial charge < -0.3 is 9.47 Å². The van der Waals surface area contributed by atoms with Crippen molar-refractivity contribution in [1.29, 1.82) is 0 Å². The molecule has 2 saturated carbocycles. The number of rotatable bonds is 8. The van der Waals surface area contributed by atoms with Crippen molar-refractivity contribution < 1.29 is 14.3 Å². The summed E-state index contributed by atoms with van der Waals surface area (Å²) in [6.45, 7) is 4.37. The first-order valence-electron chi connectivity index (χ1n) is 12.1. The lowest BCUT2D eigenvalue weighted by Crippen LogP contribution is -2.41. The highest BCUT2D eigenvalue weighted by atomic mass is 16.7. The Kier molecular flexibility index (Phi) is 8.44. The third kappa shape index (κ3) is 6.49. The first kappa shape index (κ1) is 22.2. The molecular formula is C26H40O3. The van der Waals surface area contributed by atoms with Gasteiger partial charge in [0.25, 0.3) is 0 Å². The molecule has 3 heteroatoms. The molecule has 0 radical (unpaired) electrons. The smallest absolute Gasteiger partial charge is 0.427 e. The normalized spacial score (nSPS) is 25.5. The topological polar surface area (TPSA) is 35.5 Å². The minimum absolute atomic E-state index is 0.319. The van der Waals surface area contributed by atoms with Crippen LogP contribution in [-0.2, 0) is 11.2 Å². The number of aryl methyl sites for hydroxylation is 1. The maximum Gasteiger partial charge on any atom is 0.514 e. The van der Waals surface area contributed by atoms with Gasteiger partial charge >= 0.3 is 6.16 Å². The molecule has 162 valence electrons. The standard InChI is InChI=1S/C26H40O3/c1-3-5-18-26(19-16-23(17-20-26)22-10-7-6-8-11-22)29-25(27)28-24-14-12-21(9-4-2)13-15-24/h12-15,22-23H,3-11,16-20H2,1-2H3/t23-,26+. The summed E-state index contributed by atoms with van der Waals surface area (Å²) in [6.07, 6.45) is 16.3. The van der Waals surface area contributed by atoms with E-state index in [4.69, 9.17) is 9.47 Å². The van der Waals surface area contributed by atoms with E-state index in [1.165, 1.54) is 50.5 Å². The first-order chi connectivity index (χ1) is 14.1. The van der Waals surface area contributed by atoms with Gasteiger partial charge in [0.15, 0.2) is 0 Å². The second-order valence-corrected chi connectivity index (χ2v) is 9.37. The van der Waals surface area contributed by atoms with Gasteiger partial charge in [0.2, 0.25) is 0 Å². The predicted octanol–water partition coefficient (Wildman–Crippen LogP) is 7.85. The Bertz CT molecular complexity index is 607. The third-order valence-corrected chi connectivity index (χ3v) is 7.21. The van der Waals surface area contributed by atoms with Gasteiger partial charge in [-0.2, -0.15) is 0 Å². The fourth-order valence-corrected chi connectivity index (χ4v) is 5.45. The average Bonchev–Trinajstić information content (AvgIpc) is 2.75. The second-order valence-electron chi connectivity index (χ2n) is 9.37. The summed E-state index contributed by atoms with van der Waals surface area (Å²) in [4.78, 5) is 12.6. The van der Waals surface area contributed by atoms with Gasteiger partial charge in [-0.05, 0) is 74.5 Å². The van der Waals surface area contributed by atoms with E-state index in [1.54, 1.807) is 0 Å². The maximum absolute atomic E-state index is 12.6. The van der Waals surface area contributed by atoms with Gasteiger partial charge in [-0.15, -0.1) is 0 Å². The van der Waals surface area contributed by atoms with Crippen LogP contribution in [0.4, 0.5) is 4.79 Å². The van der Waals surface area contributed by atoms with Crippen LogP contribution in [-0.4, -0.2) is 11.8 Å². The van der Waals surface area contributed by atoms with E-state index in [9.17, 15) is 4.79 Å². The number of ether oxygens (including phenoxy) is 2. The van der Waals surface area contributed by atoms with Crippen molar-refractivity contribution in [2.45, 2.75) is 109 Å². The Hall–Kier alpha value is -1.51. The van der Waals surface area contributed by atoms with Crippen LogP contribution in [0.1, 0.15) is 103 Å². The fraction of sp³-hybridized carbons (Fsp3) is 0.731. The average molecular weight is 401 g/mol. The Labute approximate surface area is 177 Å². The molecule has 2 aliphatic rings. The van der Waals surface area contributed by atoms with E-state index in [0.717, 1.165) is 56.8 Å². The third-order valence-electron chi connectivity index (χ3n) is 7.21. The van der Waals surface area contributed by atoms with E-state index < -0.39 is 6.16 Å². The molecule has 0 unspecified atom stereocenters. The highest BCUT2D eigenvalue weighted by molar-refractivity contribution is 5.64. The number of benzene rings is 1. The quantitative estimate of drug-likeness (QED) is 0.329. The van der Waals surface area contributed by atoms with Crippen LogP contribution < -0.4 is 4.74 Å². The summed E-state index contributed by atoms with van der Waals surface area (Å²) >= 11 is 0. The Morgan fingerprint density at radius 1 is 0.931 bits per heavy atom. The van der Waals surface area contributed by atoms with E-state index >= 15 is 0 Å². The lowest BCUT2D eigenvalue weighted by Gasteiger charge is -2.42. The molecule has 3 rings (SSSR count). The molecule has 0 aliphatic heterocycles. The van der Waals surface area contributed by atoms with Crippen molar-refractivity contribution in [2.75, 3.05) is 0 Å². The number of hydrogen-bond acceptors (Lipinski definition) is 3. The van der Waals surface area contributed by atoms with E-state index in [1.807, 2.05) is 24.3 Å². The molecule has 0 N–H and O–H groups in total. The predicted molar refractivity (Wildman–Crippen MR) is 118 cm³/mol. The molecule has 1 aromatic carbocycles. The molecule has 0 heterocycles. The van der Waals surface area contributed by atoms with Gasteiger partial charge in [0.1, 0.15) is 11.4 Å². The summed E-state index contributed by atoms with van der Waals surface area (Å²) in [5.74, 6) is 2.31. The van der Waals surface area contributed by atoms with E-state index in [0.29, 0.717) is 5.75 Å². The van der Waals surface area contributed by atoms with Crippen LogP contribution in [0.2, 0.25) is 0 Å². The van der Waals surface area contributed by atoms with Crippen LogP contribution in [0.15, 0.2) is 24.3 Å². The molecule has 0 atom stereocenters. The Balaban J connectivity index is 1.56. The molecule has 2 fully saturated rings. The lowest BCUT2D eigenvalue weighted by atomic mass is 9.68. The largest absolute Gasteiger partial charge is 0.514 e. The van der Waals surface area contributed by atoms with E-state index in [-0.39, 0.29) is 5.60 Å². The number of carbonyl (C=O) groups is 1. The van der Waals surface area contributed by atoms with Crippen molar-refractivity contribution in [3.63, 3.8) is 0 Å². The molecule has 0 spiro atoms. The lowest BCUT2D eigenvalue weighted by molar-refractivity contribution is -0.0582. The van der Waals surface area contributed by atoms with Gasteiger partial charge in [0, 0.05) is 0 Å². The minimum Gasteiger partial charge on any atom is -0.427 e. The summed E-state index contributed by atoms with van der Waals surface area (Å²) < 4.78 is 11.6. The van der Waals surface area contributed by atoms with Crippen LogP contribution >= 0.6 is 0 Å². The number of carbonyl (C=O) groups excluding carboxylic acids is 1. The van der Waals surface area contributed by atoms with Crippen molar-refractivity contribution in [1.82, 2.24) is 0 Å². The van der Waals surface area contributed by atoms with Crippen molar-refractivity contribution >= 4 is 6.16 Å². The first-order valence-corrected chi connectivity index (χ1v) is 12.1. The van der Waals surface area contributed by atoms with Gasteiger partial charge in [-0.25, -0.2) is 4.79 Å². The molecule has 0 saturated heterocycles. The van der Waals surface area contributed by atoms with Crippen LogP contribution in [0.5, 0.6) is 5.75 Å². The van der Waals surface area contributed by atoms with Crippen molar-refractivity contribution in [3.05, 3.63) is 29.8 Å². The summed E-state index contributed by atoms with van der Waals surface area (Å²) in [5.41, 5.74) is 0.953. The van der Waals surface area contributed by atoms with Crippen LogP contribution in [0, 0.1) is 11.8 Å². The molecule has 0 aromatic heterocycles. The zero-order chi connectivity index (χ0) is 20.5. The molecule has 3 nitrogen and oxygen atoms in total. The maximum atomic E-state index is 12.6. The second kappa shape index (κ2) is 11.0. The fourth-order valence-electron chi connectivity index (χ4n) is 5.45. The highest BCUT2D eigenvalue weighted by Crippen LogP contribution is 2.44. The zero-order valence-corrected chi connectivity index (χ0v) is 18.6. The Morgan fingerprint density at radius 3 is 2.21 bits per heavy atom. The molecule has 1 aromatic rings. The highest BCUT2D eigenvalue weighted by Gasteiger charge is 2.40. The van der Waals surface area contributed by atoms with Gasteiger partial charge in [-0.3, -0.25) is 0 Å². The monoisotopic (exact) mass is 400 g/mol. The molecule has 29 heavy (non-hydrogen) atoms. The van der Waals surface area contributed by atoms with Crippen molar-refractivity contribution in [3.8, 4) is 5.75 Å². The van der Waals surface area contributed by atoms with E-state index in [2.05, 4.69) is 13.8 Å². The van der Waals surface area contributed by atoms with Crippen LogP contribution in [0.25, 0.3) is 0 Å². The summed E-state index contributed by atoms with van der Waals surface area (Å²) in [6, 6.07) is 7.83. The molecule has 0 amide bonds. The molecule has 2 aliphatic carbocycles. The molecule has 0 bridgehead atoms. The number of unbranched alkanes of at least 4 members (excludes halogenated alkanes) is 1. The van der Waals surface area contributed by atoms with Gasteiger partial charge in [0.05, 0.1) is 0 Å². The molecular weight excluding hydrogens is 360 g/mol. The zero-order valence-electron chi connectivity index (χ0n) is 18.6. The van der Waals surface area contributed by atoms with Crippen LogP contribution in [0.3, 0.4) is 0 Å². The minimum atomic E-state index is -0.527. The van der Waals surface area contributed by atoms with Crippen molar-refractivity contribution in [2.24, 2.45) is 11.8 Å². The SMILES string of the molecule is CCCC[C@]1(OC(=O)Oc2ccc(CCC)cc2)CC[C@@H](C2CCCCC2)CC1.